The zero-order valence-electron chi connectivity index (χ0n) is 11.5. The van der Waals surface area contributed by atoms with E-state index in [0.717, 1.165) is 0 Å². The molecule has 5 heteroatoms. The SMILES string of the molecule is COC(=O)C1C[C@H]2[C@@H](C1=O)[C@@]21COc2ccccc2C1=O. The molecular weight excluding hydrogens is 272 g/mol. The zero-order valence-corrected chi connectivity index (χ0v) is 11.5. The Bertz CT molecular complexity index is 679. The van der Waals surface area contributed by atoms with Crippen molar-refractivity contribution in [1.29, 1.82) is 0 Å². The maximum atomic E-state index is 12.8. The average Bonchev–Trinajstić information content (AvgIpc) is 3.00. The summed E-state index contributed by atoms with van der Waals surface area (Å²) in [6.07, 6.45) is 0.396. The molecule has 2 aliphatic carbocycles. The normalized spacial score (nSPS) is 36.0. The van der Waals surface area contributed by atoms with Gasteiger partial charge < -0.3 is 9.47 Å². The smallest absolute Gasteiger partial charge is 0.316 e. The van der Waals surface area contributed by atoms with Crippen LogP contribution in [0.3, 0.4) is 0 Å². The average molecular weight is 286 g/mol. The topological polar surface area (TPSA) is 69.7 Å². The first-order valence-electron chi connectivity index (χ1n) is 6.99. The lowest BCUT2D eigenvalue weighted by molar-refractivity contribution is -0.149. The maximum absolute atomic E-state index is 12.8. The Morgan fingerprint density at radius 1 is 1.33 bits per heavy atom. The van der Waals surface area contributed by atoms with Crippen molar-refractivity contribution in [3.05, 3.63) is 29.8 Å². The van der Waals surface area contributed by atoms with Crippen molar-refractivity contribution in [3.63, 3.8) is 0 Å². The van der Waals surface area contributed by atoms with Crippen molar-refractivity contribution in [1.82, 2.24) is 0 Å². The van der Waals surface area contributed by atoms with E-state index in [-0.39, 0.29) is 30.0 Å². The largest absolute Gasteiger partial charge is 0.492 e. The molecule has 1 aliphatic heterocycles. The van der Waals surface area contributed by atoms with E-state index in [1.807, 2.05) is 6.07 Å². The number of para-hydroxylation sites is 1. The number of esters is 1. The lowest BCUT2D eigenvalue weighted by atomic mass is 9.82. The van der Waals surface area contributed by atoms with Crippen LogP contribution in [0.5, 0.6) is 5.75 Å². The number of hydrogen-bond donors (Lipinski definition) is 0. The van der Waals surface area contributed by atoms with Gasteiger partial charge in [0.15, 0.2) is 11.6 Å². The summed E-state index contributed by atoms with van der Waals surface area (Å²) in [4.78, 5) is 36.7. The van der Waals surface area contributed by atoms with Gasteiger partial charge in [-0.1, -0.05) is 12.1 Å². The molecule has 3 aliphatic rings. The van der Waals surface area contributed by atoms with E-state index >= 15 is 0 Å². The summed E-state index contributed by atoms with van der Waals surface area (Å²) < 4.78 is 10.3. The number of carbonyl (C=O) groups is 3. The van der Waals surface area contributed by atoms with E-state index in [1.165, 1.54) is 7.11 Å². The van der Waals surface area contributed by atoms with Gasteiger partial charge in [0, 0.05) is 5.92 Å². The van der Waals surface area contributed by atoms with Crippen LogP contribution in [0.2, 0.25) is 0 Å². The predicted octanol–water partition coefficient (Wildman–Crippen LogP) is 1.26. The lowest BCUT2D eigenvalue weighted by Gasteiger charge is -2.27. The summed E-state index contributed by atoms with van der Waals surface area (Å²) in [6.45, 7) is 0.234. The van der Waals surface area contributed by atoms with E-state index in [9.17, 15) is 14.4 Å². The van der Waals surface area contributed by atoms with E-state index in [0.29, 0.717) is 17.7 Å². The number of benzene rings is 1. The molecule has 1 heterocycles. The highest BCUT2D eigenvalue weighted by molar-refractivity contribution is 6.14. The first kappa shape index (κ1) is 12.6. The number of hydrogen-bond acceptors (Lipinski definition) is 5. The molecule has 0 saturated heterocycles. The molecule has 1 spiro atoms. The van der Waals surface area contributed by atoms with Crippen molar-refractivity contribution in [3.8, 4) is 5.75 Å². The zero-order chi connectivity index (χ0) is 14.8. The van der Waals surface area contributed by atoms with Gasteiger partial charge in [-0.3, -0.25) is 14.4 Å². The number of fused-ring (bicyclic) bond motifs is 4. The first-order chi connectivity index (χ1) is 10.1. The van der Waals surface area contributed by atoms with Gasteiger partial charge >= 0.3 is 5.97 Å². The molecule has 4 rings (SSSR count). The van der Waals surface area contributed by atoms with E-state index in [1.54, 1.807) is 18.2 Å². The molecule has 2 saturated carbocycles. The Morgan fingerprint density at radius 3 is 2.76 bits per heavy atom. The minimum Gasteiger partial charge on any atom is -0.492 e. The van der Waals surface area contributed by atoms with Crippen LogP contribution in [0.4, 0.5) is 0 Å². The Balaban J connectivity index is 1.65. The number of methoxy groups -OCH3 is 1. The van der Waals surface area contributed by atoms with Crippen LogP contribution in [0.15, 0.2) is 24.3 Å². The number of ether oxygens (including phenoxy) is 2. The third-order valence-corrected chi connectivity index (χ3v) is 5.16. The molecule has 4 atom stereocenters. The van der Waals surface area contributed by atoms with Crippen LogP contribution >= 0.6 is 0 Å². The third-order valence-electron chi connectivity index (χ3n) is 5.16. The van der Waals surface area contributed by atoms with Crippen LogP contribution in [0, 0.1) is 23.2 Å². The van der Waals surface area contributed by atoms with E-state index in [2.05, 4.69) is 4.74 Å². The Hall–Kier alpha value is -2.17. The van der Waals surface area contributed by atoms with E-state index < -0.39 is 17.3 Å². The highest BCUT2D eigenvalue weighted by atomic mass is 16.5. The molecule has 1 unspecified atom stereocenters. The monoisotopic (exact) mass is 286 g/mol. The second-order valence-corrected chi connectivity index (χ2v) is 5.95. The highest BCUT2D eigenvalue weighted by Gasteiger charge is 2.78. The van der Waals surface area contributed by atoms with Crippen molar-refractivity contribution in [2.45, 2.75) is 6.42 Å². The van der Waals surface area contributed by atoms with Crippen LogP contribution in [0.25, 0.3) is 0 Å². The Labute approximate surface area is 121 Å². The fourth-order valence-corrected chi connectivity index (χ4v) is 4.06. The van der Waals surface area contributed by atoms with Crippen LogP contribution in [0.1, 0.15) is 16.8 Å². The number of carbonyl (C=O) groups excluding carboxylic acids is 3. The summed E-state index contributed by atoms with van der Waals surface area (Å²) in [5, 5.41) is 0. The summed E-state index contributed by atoms with van der Waals surface area (Å²) in [7, 11) is 1.28. The highest BCUT2D eigenvalue weighted by Crippen LogP contribution is 2.69. The van der Waals surface area contributed by atoms with Crippen molar-refractivity contribution in [2.75, 3.05) is 13.7 Å². The van der Waals surface area contributed by atoms with E-state index in [4.69, 9.17) is 4.74 Å². The van der Waals surface area contributed by atoms with Crippen molar-refractivity contribution in [2.24, 2.45) is 23.2 Å². The summed E-state index contributed by atoms with van der Waals surface area (Å²) in [5.74, 6) is -1.28. The van der Waals surface area contributed by atoms with Crippen molar-refractivity contribution >= 4 is 17.5 Å². The number of rotatable bonds is 1. The fourth-order valence-electron chi connectivity index (χ4n) is 4.06. The molecule has 0 N–H and O–H groups in total. The molecule has 21 heavy (non-hydrogen) atoms. The summed E-state index contributed by atoms with van der Waals surface area (Å²) >= 11 is 0. The Kier molecular flexibility index (Phi) is 2.35. The predicted molar refractivity (Wildman–Crippen MR) is 70.8 cm³/mol. The van der Waals surface area contributed by atoms with Gasteiger partial charge in [-0.2, -0.15) is 0 Å². The van der Waals surface area contributed by atoms with Gasteiger partial charge in [0.1, 0.15) is 18.3 Å². The second-order valence-electron chi connectivity index (χ2n) is 5.95. The Morgan fingerprint density at radius 2 is 2.10 bits per heavy atom. The molecule has 0 amide bonds. The van der Waals surface area contributed by atoms with Gasteiger partial charge in [-0.15, -0.1) is 0 Å². The minimum atomic E-state index is -0.740. The number of ketones is 2. The third kappa shape index (κ3) is 1.38. The molecular formula is C16H14O5. The molecule has 2 fully saturated rings. The molecule has 5 nitrogen and oxygen atoms in total. The quantitative estimate of drug-likeness (QED) is 0.574. The summed E-state index contributed by atoms with van der Waals surface area (Å²) in [6, 6.07) is 7.10. The minimum absolute atomic E-state index is 0.0176. The van der Waals surface area contributed by atoms with Gasteiger partial charge in [-0.25, -0.2) is 0 Å². The molecule has 0 radical (unpaired) electrons. The van der Waals surface area contributed by atoms with Gasteiger partial charge in [-0.05, 0) is 24.5 Å². The van der Waals surface area contributed by atoms with Crippen LogP contribution in [-0.2, 0) is 14.3 Å². The van der Waals surface area contributed by atoms with Crippen LogP contribution < -0.4 is 4.74 Å². The van der Waals surface area contributed by atoms with Gasteiger partial charge in [0.05, 0.1) is 18.1 Å². The fraction of sp³-hybridized carbons (Fsp3) is 0.438. The number of Topliss-reactive ketones (excluding diaryl/α,β-unsaturated/α-hetero) is 2. The van der Waals surface area contributed by atoms with Gasteiger partial charge in [0.25, 0.3) is 0 Å². The molecule has 0 bridgehead atoms. The molecule has 0 aromatic heterocycles. The summed E-state index contributed by atoms with van der Waals surface area (Å²) in [5.41, 5.74) is -0.198. The first-order valence-corrected chi connectivity index (χ1v) is 6.99. The van der Waals surface area contributed by atoms with Crippen molar-refractivity contribution < 1.29 is 23.9 Å². The molecule has 108 valence electrons. The lowest BCUT2D eigenvalue weighted by Crippen LogP contribution is -2.38. The standard InChI is InChI=1S/C16H14O5/c1-20-15(19)9-6-10-12(13(9)17)16(10)7-21-11-5-3-2-4-8(11)14(16)18/h2-5,9-10,12H,6-7H2,1H3/t9?,10-,12-,16+/m0/s1. The van der Waals surface area contributed by atoms with Crippen LogP contribution in [-0.4, -0.2) is 31.3 Å². The molecule has 1 aromatic carbocycles. The second kappa shape index (κ2) is 3.93. The maximum Gasteiger partial charge on any atom is 0.316 e. The molecule has 1 aromatic rings. The van der Waals surface area contributed by atoms with Gasteiger partial charge in [0.2, 0.25) is 0 Å².